The molecule has 14 heavy (non-hydrogen) atoms. The molecule has 0 atom stereocenters. The van der Waals surface area contributed by atoms with Gasteiger partial charge in [-0.25, -0.2) is 4.79 Å². The summed E-state index contributed by atoms with van der Waals surface area (Å²) in [5, 5.41) is 9.49. The summed E-state index contributed by atoms with van der Waals surface area (Å²) < 4.78 is 5.32. The molecule has 0 saturated heterocycles. The summed E-state index contributed by atoms with van der Waals surface area (Å²) in [7, 11) is 0. The zero-order chi connectivity index (χ0) is 10.1. The van der Waals surface area contributed by atoms with Gasteiger partial charge in [0.1, 0.15) is 11.3 Å². The van der Waals surface area contributed by atoms with Crippen LogP contribution < -0.4 is 5.73 Å². The normalized spacial score (nSPS) is 10.6. The van der Waals surface area contributed by atoms with Gasteiger partial charge in [-0.15, -0.1) is 0 Å². The molecule has 0 radical (unpaired) electrons. The third kappa shape index (κ3) is 1.25. The maximum absolute atomic E-state index is 10.8. The summed E-state index contributed by atoms with van der Waals surface area (Å²) >= 11 is 0. The summed E-state index contributed by atoms with van der Waals surface area (Å²) in [5.41, 5.74) is 6.20. The van der Waals surface area contributed by atoms with Crippen molar-refractivity contribution in [2.24, 2.45) is 5.73 Å². The van der Waals surface area contributed by atoms with E-state index in [1.807, 2.05) is 0 Å². The highest BCUT2D eigenvalue weighted by molar-refractivity contribution is 6.02. The van der Waals surface area contributed by atoms with Gasteiger partial charge in [0.05, 0.1) is 12.1 Å². The highest BCUT2D eigenvalue weighted by Gasteiger charge is 2.11. The Morgan fingerprint density at radius 2 is 2.29 bits per heavy atom. The largest absolute Gasteiger partial charge is 0.478 e. The molecule has 0 aliphatic carbocycles. The second-order valence-corrected chi connectivity index (χ2v) is 2.94. The second kappa shape index (κ2) is 3.16. The van der Waals surface area contributed by atoms with Crippen LogP contribution in [-0.2, 0) is 6.54 Å². The van der Waals surface area contributed by atoms with Crippen molar-refractivity contribution in [3.8, 4) is 0 Å². The molecule has 0 fully saturated rings. The van der Waals surface area contributed by atoms with E-state index < -0.39 is 5.97 Å². The van der Waals surface area contributed by atoms with Crippen LogP contribution in [0.5, 0.6) is 0 Å². The van der Waals surface area contributed by atoms with Crippen molar-refractivity contribution in [2.75, 3.05) is 0 Å². The van der Waals surface area contributed by atoms with Crippen LogP contribution in [0.4, 0.5) is 0 Å². The average molecular weight is 191 g/mol. The predicted octanol–water partition coefficient (Wildman–Crippen LogP) is 1.59. The van der Waals surface area contributed by atoms with Gasteiger partial charge in [-0.05, 0) is 18.2 Å². The van der Waals surface area contributed by atoms with Crippen molar-refractivity contribution >= 4 is 16.9 Å². The van der Waals surface area contributed by atoms with E-state index in [2.05, 4.69) is 0 Å². The summed E-state index contributed by atoms with van der Waals surface area (Å²) in [6.07, 6.45) is 0. The van der Waals surface area contributed by atoms with Crippen molar-refractivity contribution in [3.63, 3.8) is 0 Å². The molecule has 2 aromatic rings. The third-order valence-corrected chi connectivity index (χ3v) is 2.04. The molecule has 4 heteroatoms. The number of fused-ring (bicyclic) bond motifs is 1. The Kier molecular flexibility index (Phi) is 1.98. The SMILES string of the molecule is NCc1cc2c(C(=O)O)cccc2o1. The van der Waals surface area contributed by atoms with Crippen LogP contribution in [0.15, 0.2) is 28.7 Å². The maximum atomic E-state index is 10.8. The molecule has 3 N–H and O–H groups in total. The lowest BCUT2D eigenvalue weighted by atomic mass is 10.1. The maximum Gasteiger partial charge on any atom is 0.336 e. The molecule has 1 heterocycles. The van der Waals surface area contributed by atoms with E-state index >= 15 is 0 Å². The second-order valence-electron chi connectivity index (χ2n) is 2.94. The van der Waals surface area contributed by atoms with Crippen molar-refractivity contribution in [1.29, 1.82) is 0 Å². The lowest BCUT2D eigenvalue weighted by Crippen LogP contribution is -1.95. The van der Waals surface area contributed by atoms with Gasteiger partial charge in [0.2, 0.25) is 0 Å². The first-order chi connectivity index (χ1) is 6.72. The van der Waals surface area contributed by atoms with Crippen LogP contribution in [0.25, 0.3) is 11.0 Å². The smallest absolute Gasteiger partial charge is 0.336 e. The molecule has 0 saturated carbocycles. The number of carboxylic acid groups (broad SMARTS) is 1. The first-order valence-electron chi connectivity index (χ1n) is 4.17. The Morgan fingerprint density at radius 3 is 2.93 bits per heavy atom. The van der Waals surface area contributed by atoms with Crippen molar-refractivity contribution in [2.45, 2.75) is 6.54 Å². The van der Waals surface area contributed by atoms with Gasteiger partial charge in [0.15, 0.2) is 0 Å². The molecule has 0 aliphatic heterocycles. The fraction of sp³-hybridized carbons (Fsp3) is 0.100. The van der Waals surface area contributed by atoms with E-state index in [1.54, 1.807) is 24.3 Å². The molecule has 0 bridgehead atoms. The number of hydrogen-bond donors (Lipinski definition) is 2. The number of carboxylic acids is 1. The van der Waals surface area contributed by atoms with E-state index in [4.69, 9.17) is 15.3 Å². The number of carbonyl (C=O) groups is 1. The van der Waals surface area contributed by atoms with Crippen LogP contribution in [0, 0.1) is 0 Å². The zero-order valence-corrected chi connectivity index (χ0v) is 7.36. The number of rotatable bonds is 2. The first kappa shape index (κ1) is 8.77. The van der Waals surface area contributed by atoms with Gasteiger partial charge in [-0.1, -0.05) is 6.07 Å². The van der Waals surface area contributed by atoms with Crippen LogP contribution in [-0.4, -0.2) is 11.1 Å². The fourth-order valence-electron chi connectivity index (χ4n) is 1.40. The van der Waals surface area contributed by atoms with E-state index in [0.29, 0.717) is 16.7 Å². The average Bonchev–Trinajstić information content (AvgIpc) is 2.59. The van der Waals surface area contributed by atoms with Crippen LogP contribution in [0.3, 0.4) is 0 Å². The molecule has 4 nitrogen and oxygen atoms in total. The van der Waals surface area contributed by atoms with Crippen LogP contribution in [0.1, 0.15) is 16.1 Å². The summed E-state index contributed by atoms with van der Waals surface area (Å²) in [6, 6.07) is 6.58. The molecule has 72 valence electrons. The molecule has 2 rings (SSSR count). The number of aromatic carboxylic acids is 1. The minimum Gasteiger partial charge on any atom is -0.478 e. The molecular formula is C10H9NO3. The fourth-order valence-corrected chi connectivity index (χ4v) is 1.40. The Labute approximate surface area is 79.9 Å². The van der Waals surface area contributed by atoms with E-state index in [1.165, 1.54) is 0 Å². The van der Waals surface area contributed by atoms with Gasteiger partial charge in [0, 0.05) is 5.39 Å². The van der Waals surface area contributed by atoms with Gasteiger partial charge in [-0.3, -0.25) is 0 Å². The summed E-state index contributed by atoms with van der Waals surface area (Å²) in [6.45, 7) is 0.272. The van der Waals surface area contributed by atoms with Gasteiger partial charge in [0.25, 0.3) is 0 Å². The van der Waals surface area contributed by atoms with Crippen LogP contribution >= 0.6 is 0 Å². The predicted molar refractivity (Wildman–Crippen MR) is 51.1 cm³/mol. The van der Waals surface area contributed by atoms with Gasteiger partial charge < -0.3 is 15.3 Å². The van der Waals surface area contributed by atoms with E-state index in [-0.39, 0.29) is 12.1 Å². The third-order valence-electron chi connectivity index (χ3n) is 2.04. The quantitative estimate of drug-likeness (QED) is 0.755. The minimum atomic E-state index is -0.958. The van der Waals surface area contributed by atoms with Crippen molar-refractivity contribution < 1.29 is 14.3 Å². The lowest BCUT2D eigenvalue weighted by Gasteiger charge is -1.93. The molecule has 0 aliphatic rings. The number of hydrogen-bond acceptors (Lipinski definition) is 3. The Morgan fingerprint density at radius 1 is 1.50 bits per heavy atom. The van der Waals surface area contributed by atoms with Gasteiger partial charge >= 0.3 is 5.97 Å². The molecule has 0 spiro atoms. The first-order valence-corrected chi connectivity index (χ1v) is 4.17. The van der Waals surface area contributed by atoms with Gasteiger partial charge in [-0.2, -0.15) is 0 Å². The standard InChI is InChI=1S/C10H9NO3/c11-5-6-4-8-7(10(12)13)2-1-3-9(8)14-6/h1-4H,5,11H2,(H,12,13). The van der Waals surface area contributed by atoms with Crippen molar-refractivity contribution in [1.82, 2.24) is 0 Å². The molecule has 1 aromatic carbocycles. The molecule has 1 aromatic heterocycles. The minimum absolute atomic E-state index is 0.242. The summed E-state index contributed by atoms with van der Waals surface area (Å²) in [5.74, 6) is -0.367. The van der Waals surface area contributed by atoms with Crippen molar-refractivity contribution in [3.05, 3.63) is 35.6 Å². The monoisotopic (exact) mass is 191 g/mol. The lowest BCUT2D eigenvalue weighted by molar-refractivity contribution is 0.0699. The highest BCUT2D eigenvalue weighted by Crippen LogP contribution is 2.22. The summed E-state index contributed by atoms with van der Waals surface area (Å²) in [4.78, 5) is 10.8. The number of nitrogens with two attached hydrogens (primary N) is 1. The molecule has 0 amide bonds. The van der Waals surface area contributed by atoms with Crippen LogP contribution in [0.2, 0.25) is 0 Å². The number of furan rings is 1. The molecular weight excluding hydrogens is 182 g/mol. The zero-order valence-electron chi connectivity index (χ0n) is 7.36. The number of benzene rings is 1. The van der Waals surface area contributed by atoms with E-state index in [9.17, 15) is 4.79 Å². The van der Waals surface area contributed by atoms with E-state index in [0.717, 1.165) is 0 Å². The Bertz CT molecular complexity index is 487. The Hall–Kier alpha value is -1.81. The highest BCUT2D eigenvalue weighted by atomic mass is 16.4. The topological polar surface area (TPSA) is 76.5 Å². The Balaban J connectivity index is 2.73. The molecule has 0 unspecified atom stereocenters.